The average Bonchev–Trinajstić information content (AvgIpc) is 2.94. The van der Waals surface area contributed by atoms with E-state index in [1.54, 1.807) is 6.07 Å². The maximum absolute atomic E-state index is 12.2. The molecule has 0 N–H and O–H groups in total. The Labute approximate surface area is 114 Å². The largest absolute Gasteiger partial charge is 0.458 e. The van der Waals surface area contributed by atoms with Gasteiger partial charge in [0.1, 0.15) is 5.76 Å². The molecule has 0 bridgehead atoms. The van der Waals surface area contributed by atoms with E-state index < -0.39 is 0 Å². The normalized spacial score (nSPS) is 10.6. The minimum atomic E-state index is -0.0401. The lowest BCUT2D eigenvalue weighted by Gasteiger charge is -2.02. The minimum absolute atomic E-state index is 0.0401. The van der Waals surface area contributed by atoms with Crippen LogP contribution in [-0.4, -0.2) is 5.78 Å². The molecule has 1 aromatic carbocycles. The van der Waals surface area contributed by atoms with Crippen molar-refractivity contribution in [3.63, 3.8) is 0 Å². The molecule has 0 unspecified atom stereocenters. The first-order chi connectivity index (χ1) is 9.24. The Kier molecular flexibility index (Phi) is 4.56. The molecule has 0 radical (unpaired) electrons. The fourth-order valence-corrected chi connectivity index (χ4v) is 2.04. The van der Waals surface area contributed by atoms with E-state index in [2.05, 4.69) is 6.92 Å². The maximum Gasteiger partial charge on any atom is 0.228 e. The van der Waals surface area contributed by atoms with Gasteiger partial charge in [-0.15, -0.1) is 0 Å². The molecule has 0 amide bonds. The summed E-state index contributed by atoms with van der Waals surface area (Å²) in [6.45, 7) is 4.19. The summed E-state index contributed by atoms with van der Waals surface area (Å²) in [6.07, 6.45) is 4.26. The zero-order valence-electron chi connectivity index (χ0n) is 11.6. The number of rotatable bonds is 6. The lowest BCUT2D eigenvalue weighted by Crippen LogP contribution is -1.99. The van der Waals surface area contributed by atoms with Crippen molar-refractivity contribution in [1.82, 2.24) is 0 Å². The Morgan fingerprint density at radius 2 is 1.79 bits per heavy atom. The molecule has 19 heavy (non-hydrogen) atoms. The highest BCUT2D eigenvalue weighted by atomic mass is 16.3. The molecular weight excluding hydrogens is 236 g/mol. The van der Waals surface area contributed by atoms with Gasteiger partial charge < -0.3 is 4.42 Å². The third-order valence-electron chi connectivity index (χ3n) is 3.27. The van der Waals surface area contributed by atoms with Crippen LogP contribution in [0.5, 0.6) is 0 Å². The summed E-state index contributed by atoms with van der Waals surface area (Å²) in [5, 5.41) is 0. The number of aryl methyl sites for hydroxylation is 2. The molecule has 0 aliphatic carbocycles. The third kappa shape index (κ3) is 3.34. The summed E-state index contributed by atoms with van der Waals surface area (Å²) in [5.41, 5.74) is 1.98. The quantitative estimate of drug-likeness (QED) is 0.716. The SMILES string of the molecule is CCCCc1ccc(C(=O)c2ccc(CC)o2)cc1. The Bertz CT molecular complexity index is 535. The van der Waals surface area contributed by atoms with Crippen LogP contribution in [0.2, 0.25) is 0 Å². The van der Waals surface area contributed by atoms with Gasteiger partial charge in [0.25, 0.3) is 0 Å². The molecule has 2 aromatic rings. The van der Waals surface area contributed by atoms with E-state index in [0.29, 0.717) is 11.3 Å². The topological polar surface area (TPSA) is 30.2 Å². The van der Waals surface area contributed by atoms with Crippen LogP contribution in [0.25, 0.3) is 0 Å². The maximum atomic E-state index is 12.2. The van der Waals surface area contributed by atoms with E-state index in [1.807, 2.05) is 37.3 Å². The lowest BCUT2D eigenvalue weighted by atomic mass is 10.0. The second kappa shape index (κ2) is 6.37. The van der Waals surface area contributed by atoms with Crippen LogP contribution in [0.3, 0.4) is 0 Å². The Hall–Kier alpha value is -1.83. The number of ketones is 1. The fraction of sp³-hybridized carbons (Fsp3) is 0.353. The van der Waals surface area contributed by atoms with Gasteiger partial charge in [-0.05, 0) is 30.5 Å². The van der Waals surface area contributed by atoms with Gasteiger partial charge in [0.05, 0.1) is 0 Å². The van der Waals surface area contributed by atoms with Gasteiger partial charge in [-0.3, -0.25) is 4.79 Å². The molecule has 0 saturated heterocycles. The Morgan fingerprint density at radius 1 is 1.05 bits per heavy atom. The summed E-state index contributed by atoms with van der Waals surface area (Å²) < 4.78 is 5.49. The molecule has 1 aromatic heterocycles. The van der Waals surface area contributed by atoms with Crippen LogP contribution < -0.4 is 0 Å². The van der Waals surface area contributed by atoms with Gasteiger partial charge in [-0.2, -0.15) is 0 Å². The first-order valence-electron chi connectivity index (χ1n) is 6.97. The highest BCUT2D eigenvalue weighted by molar-refractivity contribution is 6.07. The van der Waals surface area contributed by atoms with E-state index in [0.717, 1.165) is 18.6 Å². The van der Waals surface area contributed by atoms with Gasteiger partial charge >= 0.3 is 0 Å². The zero-order chi connectivity index (χ0) is 13.7. The monoisotopic (exact) mass is 256 g/mol. The van der Waals surface area contributed by atoms with Gasteiger partial charge in [0.15, 0.2) is 5.76 Å². The molecule has 2 nitrogen and oxygen atoms in total. The fourth-order valence-electron chi connectivity index (χ4n) is 2.04. The van der Waals surface area contributed by atoms with Gasteiger partial charge in [-0.25, -0.2) is 0 Å². The van der Waals surface area contributed by atoms with Crippen LogP contribution in [0.1, 0.15) is 54.1 Å². The summed E-state index contributed by atoms with van der Waals surface area (Å²) in [7, 11) is 0. The van der Waals surface area contributed by atoms with Crippen molar-refractivity contribution in [2.75, 3.05) is 0 Å². The highest BCUT2D eigenvalue weighted by Gasteiger charge is 2.13. The van der Waals surface area contributed by atoms with E-state index >= 15 is 0 Å². The molecule has 0 aliphatic heterocycles. The van der Waals surface area contributed by atoms with Crippen LogP contribution in [0.15, 0.2) is 40.8 Å². The van der Waals surface area contributed by atoms with Crippen molar-refractivity contribution >= 4 is 5.78 Å². The number of unbranched alkanes of at least 4 members (excludes halogenated alkanes) is 1. The predicted molar refractivity (Wildman–Crippen MR) is 76.6 cm³/mol. The number of hydrogen-bond acceptors (Lipinski definition) is 2. The first kappa shape index (κ1) is 13.6. The van der Waals surface area contributed by atoms with Crippen molar-refractivity contribution < 1.29 is 9.21 Å². The predicted octanol–water partition coefficient (Wildman–Crippen LogP) is 4.42. The van der Waals surface area contributed by atoms with E-state index in [1.165, 1.54) is 18.4 Å². The molecule has 2 heteroatoms. The number of furan rings is 1. The van der Waals surface area contributed by atoms with Gasteiger partial charge in [0.2, 0.25) is 5.78 Å². The molecule has 0 fully saturated rings. The molecule has 2 rings (SSSR count). The number of carbonyl (C=O) groups excluding carboxylic acids is 1. The standard InChI is InChI=1S/C17H20O2/c1-3-5-6-13-7-9-14(10-8-13)17(18)16-12-11-15(4-2)19-16/h7-12H,3-6H2,1-2H3. The number of carbonyl (C=O) groups is 1. The smallest absolute Gasteiger partial charge is 0.228 e. The summed E-state index contributed by atoms with van der Waals surface area (Å²) in [5.74, 6) is 1.24. The van der Waals surface area contributed by atoms with E-state index in [-0.39, 0.29) is 5.78 Å². The Balaban J connectivity index is 2.10. The van der Waals surface area contributed by atoms with Crippen LogP contribution in [0, 0.1) is 0 Å². The minimum Gasteiger partial charge on any atom is -0.458 e. The summed E-state index contributed by atoms with van der Waals surface area (Å²) in [4.78, 5) is 12.2. The van der Waals surface area contributed by atoms with Crippen LogP contribution >= 0.6 is 0 Å². The third-order valence-corrected chi connectivity index (χ3v) is 3.27. The molecule has 1 heterocycles. The molecule has 100 valence electrons. The van der Waals surface area contributed by atoms with E-state index in [4.69, 9.17) is 4.42 Å². The molecule has 0 spiro atoms. The second-order valence-electron chi connectivity index (χ2n) is 4.75. The lowest BCUT2D eigenvalue weighted by molar-refractivity contribution is 0.101. The van der Waals surface area contributed by atoms with Crippen molar-refractivity contribution in [3.05, 3.63) is 59.0 Å². The van der Waals surface area contributed by atoms with Crippen molar-refractivity contribution in [3.8, 4) is 0 Å². The Morgan fingerprint density at radius 3 is 2.37 bits per heavy atom. The molecule has 0 aliphatic rings. The van der Waals surface area contributed by atoms with Crippen molar-refractivity contribution in [2.24, 2.45) is 0 Å². The van der Waals surface area contributed by atoms with Gasteiger partial charge in [-0.1, -0.05) is 44.5 Å². The molecule has 0 saturated carbocycles. The summed E-state index contributed by atoms with van der Waals surface area (Å²) >= 11 is 0. The number of hydrogen-bond donors (Lipinski definition) is 0. The van der Waals surface area contributed by atoms with Crippen LogP contribution in [0.4, 0.5) is 0 Å². The van der Waals surface area contributed by atoms with Crippen molar-refractivity contribution in [2.45, 2.75) is 39.5 Å². The highest BCUT2D eigenvalue weighted by Crippen LogP contribution is 2.15. The molecule has 0 atom stereocenters. The zero-order valence-corrected chi connectivity index (χ0v) is 11.6. The molecular formula is C17H20O2. The second-order valence-corrected chi connectivity index (χ2v) is 4.75. The van der Waals surface area contributed by atoms with Crippen LogP contribution in [-0.2, 0) is 12.8 Å². The van der Waals surface area contributed by atoms with Crippen molar-refractivity contribution in [1.29, 1.82) is 0 Å². The number of benzene rings is 1. The first-order valence-corrected chi connectivity index (χ1v) is 6.97. The average molecular weight is 256 g/mol. The summed E-state index contributed by atoms with van der Waals surface area (Å²) in [6, 6.07) is 11.5. The van der Waals surface area contributed by atoms with Gasteiger partial charge in [0, 0.05) is 12.0 Å². The van der Waals surface area contributed by atoms with E-state index in [9.17, 15) is 4.79 Å².